The van der Waals surface area contributed by atoms with Crippen molar-refractivity contribution < 1.29 is 9.47 Å². The Kier molecular flexibility index (Phi) is 7.45. The molecule has 0 aliphatic heterocycles. The molecule has 0 fully saturated rings. The van der Waals surface area contributed by atoms with E-state index >= 15 is 0 Å². The first-order chi connectivity index (χ1) is 14.0. The molecule has 0 aliphatic rings. The van der Waals surface area contributed by atoms with Crippen molar-refractivity contribution in [2.45, 2.75) is 52.7 Å². The number of fused-ring (bicyclic) bond motifs is 1. The third-order valence-corrected chi connectivity index (χ3v) is 5.28. The lowest BCUT2D eigenvalue weighted by atomic mass is 10.0. The van der Waals surface area contributed by atoms with Crippen molar-refractivity contribution in [2.75, 3.05) is 13.2 Å². The summed E-state index contributed by atoms with van der Waals surface area (Å²) in [5.74, 6) is 0.897. The van der Waals surface area contributed by atoms with Crippen LogP contribution in [0.15, 0.2) is 54.6 Å². The second-order valence-electron chi connectivity index (χ2n) is 7.89. The summed E-state index contributed by atoms with van der Waals surface area (Å²) in [6.45, 7) is 9.96. The number of hydrogen-bond donors (Lipinski definition) is 0. The van der Waals surface area contributed by atoms with E-state index in [2.05, 4.69) is 74.7 Å². The van der Waals surface area contributed by atoms with E-state index in [1.807, 2.05) is 12.1 Å². The molecule has 1 aromatic heterocycles. The van der Waals surface area contributed by atoms with E-state index < -0.39 is 0 Å². The molecule has 0 aliphatic carbocycles. The number of aromatic nitrogens is 1. The van der Waals surface area contributed by atoms with Crippen LogP contribution in [0.1, 0.15) is 46.6 Å². The molecule has 0 saturated heterocycles. The second-order valence-corrected chi connectivity index (χ2v) is 8.28. The van der Waals surface area contributed by atoms with Gasteiger partial charge in [-0.3, -0.25) is 0 Å². The van der Waals surface area contributed by atoms with E-state index in [0.29, 0.717) is 6.61 Å². The maximum absolute atomic E-state index is 6.01. The second kappa shape index (κ2) is 10.0. The van der Waals surface area contributed by atoms with Gasteiger partial charge in [0.05, 0.1) is 12.7 Å². The highest BCUT2D eigenvalue weighted by atomic mass is 32.1. The summed E-state index contributed by atoms with van der Waals surface area (Å²) in [5.41, 5.74) is 3.37. The van der Waals surface area contributed by atoms with Crippen LogP contribution >= 0.6 is 12.2 Å². The number of nitrogens with zero attached hydrogens (tertiary/aromatic N) is 1. The van der Waals surface area contributed by atoms with Gasteiger partial charge in [-0.25, -0.2) is 0 Å². The van der Waals surface area contributed by atoms with Gasteiger partial charge in [-0.2, -0.15) is 0 Å². The normalized spacial score (nSPS) is 11.5. The summed E-state index contributed by atoms with van der Waals surface area (Å²) in [7, 11) is 0. The van der Waals surface area contributed by atoms with Gasteiger partial charge in [0.15, 0.2) is 0 Å². The molecule has 0 N–H and O–H groups in total. The molecular formula is C25H31NO2S. The van der Waals surface area contributed by atoms with Gasteiger partial charge in [0, 0.05) is 29.1 Å². The molecule has 0 spiro atoms. The zero-order valence-electron chi connectivity index (χ0n) is 17.9. The SMILES string of the molecule is CC(C)OCCCCOc1ccc2c(c1)cc(-c1ccccc1)c(=S)n2C(C)C. The molecule has 0 radical (unpaired) electrons. The summed E-state index contributed by atoms with van der Waals surface area (Å²) in [6, 6.07) is 19.1. The molecule has 29 heavy (non-hydrogen) atoms. The first-order valence-electron chi connectivity index (χ1n) is 10.5. The molecule has 3 aromatic rings. The molecule has 0 amide bonds. The summed E-state index contributed by atoms with van der Waals surface area (Å²) >= 11 is 5.86. The summed E-state index contributed by atoms with van der Waals surface area (Å²) in [5, 5.41) is 1.15. The number of ether oxygens (including phenoxy) is 2. The fraction of sp³-hybridized carbons (Fsp3) is 0.400. The van der Waals surface area contributed by atoms with Crippen LogP contribution in [0, 0.1) is 4.64 Å². The fourth-order valence-corrected chi connectivity index (χ4v) is 3.95. The highest BCUT2D eigenvalue weighted by Crippen LogP contribution is 2.31. The van der Waals surface area contributed by atoms with Gasteiger partial charge in [-0.15, -0.1) is 0 Å². The predicted molar refractivity (Wildman–Crippen MR) is 124 cm³/mol. The Hall–Kier alpha value is -2.17. The lowest BCUT2D eigenvalue weighted by Gasteiger charge is -2.19. The van der Waals surface area contributed by atoms with E-state index in [9.17, 15) is 0 Å². The van der Waals surface area contributed by atoms with Gasteiger partial charge in [0.1, 0.15) is 10.4 Å². The largest absolute Gasteiger partial charge is 0.494 e. The molecular weight excluding hydrogens is 378 g/mol. The van der Waals surface area contributed by atoms with E-state index in [0.717, 1.165) is 51.9 Å². The van der Waals surface area contributed by atoms with Crippen molar-refractivity contribution in [1.29, 1.82) is 0 Å². The summed E-state index contributed by atoms with van der Waals surface area (Å²) in [4.78, 5) is 0. The van der Waals surface area contributed by atoms with Gasteiger partial charge < -0.3 is 14.0 Å². The van der Waals surface area contributed by atoms with Crippen molar-refractivity contribution in [2.24, 2.45) is 0 Å². The minimum atomic E-state index is 0.279. The first-order valence-corrected chi connectivity index (χ1v) is 10.9. The Morgan fingerprint density at radius 1 is 0.897 bits per heavy atom. The number of pyridine rings is 1. The van der Waals surface area contributed by atoms with Crippen LogP contribution < -0.4 is 4.74 Å². The van der Waals surface area contributed by atoms with Gasteiger partial charge in [-0.05, 0) is 70.4 Å². The van der Waals surface area contributed by atoms with Crippen molar-refractivity contribution >= 4 is 23.1 Å². The molecule has 2 aromatic carbocycles. The standard InChI is InChI=1S/C25H31NO2S/c1-18(2)26-24-13-12-22(28-15-9-8-14-27-19(3)4)16-21(24)17-23(25(26)29)20-10-6-5-7-11-20/h5-7,10-13,16-19H,8-9,14-15H2,1-4H3. The Bertz CT molecular complexity index is 993. The van der Waals surface area contributed by atoms with Crippen LogP contribution in [0.25, 0.3) is 22.0 Å². The van der Waals surface area contributed by atoms with Gasteiger partial charge in [-0.1, -0.05) is 42.5 Å². The third kappa shape index (κ3) is 5.46. The van der Waals surface area contributed by atoms with Gasteiger partial charge in [0.25, 0.3) is 0 Å². The molecule has 4 heteroatoms. The highest BCUT2D eigenvalue weighted by molar-refractivity contribution is 7.71. The van der Waals surface area contributed by atoms with Crippen LogP contribution in [-0.4, -0.2) is 23.9 Å². The minimum absolute atomic E-state index is 0.279. The quantitative estimate of drug-likeness (QED) is 0.276. The Balaban J connectivity index is 1.85. The summed E-state index contributed by atoms with van der Waals surface area (Å²) < 4.78 is 14.7. The maximum Gasteiger partial charge on any atom is 0.120 e. The van der Waals surface area contributed by atoms with E-state index in [4.69, 9.17) is 21.7 Å². The highest BCUT2D eigenvalue weighted by Gasteiger charge is 2.11. The predicted octanol–water partition coefficient (Wildman–Crippen LogP) is 7.20. The van der Waals surface area contributed by atoms with Crippen molar-refractivity contribution in [1.82, 2.24) is 4.57 Å². The molecule has 0 atom stereocenters. The van der Waals surface area contributed by atoms with E-state index in [1.165, 1.54) is 0 Å². The van der Waals surface area contributed by atoms with Crippen molar-refractivity contribution in [3.63, 3.8) is 0 Å². The summed E-state index contributed by atoms with van der Waals surface area (Å²) in [6.07, 6.45) is 2.28. The Morgan fingerprint density at radius 2 is 1.62 bits per heavy atom. The Labute approximate surface area is 179 Å². The molecule has 3 nitrogen and oxygen atoms in total. The van der Waals surface area contributed by atoms with E-state index in [-0.39, 0.29) is 12.1 Å². The minimum Gasteiger partial charge on any atom is -0.494 e. The lowest BCUT2D eigenvalue weighted by Crippen LogP contribution is -2.07. The van der Waals surface area contributed by atoms with Crippen LogP contribution in [0.4, 0.5) is 0 Å². The fourth-order valence-electron chi connectivity index (χ4n) is 3.46. The molecule has 3 rings (SSSR count). The average Bonchev–Trinajstić information content (AvgIpc) is 2.70. The van der Waals surface area contributed by atoms with Crippen LogP contribution in [0.3, 0.4) is 0 Å². The number of hydrogen-bond acceptors (Lipinski definition) is 3. The molecule has 0 unspecified atom stereocenters. The molecule has 1 heterocycles. The number of rotatable bonds is 9. The van der Waals surface area contributed by atoms with Crippen LogP contribution in [0.2, 0.25) is 0 Å². The lowest BCUT2D eigenvalue weighted by molar-refractivity contribution is 0.0738. The van der Waals surface area contributed by atoms with Crippen LogP contribution in [-0.2, 0) is 4.74 Å². The molecule has 0 saturated carbocycles. The maximum atomic E-state index is 6.01. The number of unbranched alkanes of at least 4 members (excludes halogenated alkanes) is 1. The van der Waals surface area contributed by atoms with Crippen molar-refractivity contribution in [3.05, 3.63) is 59.2 Å². The first kappa shape index (κ1) is 21.5. The van der Waals surface area contributed by atoms with Crippen molar-refractivity contribution in [3.8, 4) is 16.9 Å². The van der Waals surface area contributed by atoms with Crippen LogP contribution in [0.5, 0.6) is 5.75 Å². The third-order valence-electron chi connectivity index (χ3n) is 4.87. The topological polar surface area (TPSA) is 23.4 Å². The molecule has 154 valence electrons. The van der Waals surface area contributed by atoms with Gasteiger partial charge in [0.2, 0.25) is 0 Å². The number of benzene rings is 2. The molecule has 0 bridgehead atoms. The average molecular weight is 410 g/mol. The van der Waals surface area contributed by atoms with Gasteiger partial charge >= 0.3 is 0 Å². The zero-order valence-corrected chi connectivity index (χ0v) is 18.7. The zero-order chi connectivity index (χ0) is 20.8. The Morgan fingerprint density at radius 3 is 2.31 bits per heavy atom. The monoisotopic (exact) mass is 409 g/mol. The smallest absolute Gasteiger partial charge is 0.120 e. The van der Waals surface area contributed by atoms with E-state index in [1.54, 1.807) is 0 Å².